The lowest BCUT2D eigenvalue weighted by Gasteiger charge is -1.98. The Hall–Kier alpha value is -2.17. The van der Waals surface area contributed by atoms with Gasteiger partial charge in [0.2, 0.25) is 5.89 Å². The van der Waals surface area contributed by atoms with E-state index in [0.29, 0.717) is 18.3 Å². The van der Waals surface area contributed by atoms with Crippen molar-refractivity contribution >= 4 is 11.0 Å². The summed E-state index contributed by atoms with van der Waals surface area (Å²) < 4.78 is 6.93. The summed E-state index contributed by atoms with van der Waals surface area (Å²) in [7, 11) is 0. The average Bonchev–Trinajstić information content (AvgIpc) is 2.87. The van der Waals surface area contributed by atoms with Gasteiger partial charge < -0.3 is 9.09 Å². The lowest BCUT2D eigenvalue weighted by molar-refractivity contribution is 0.386. The van der Waals surface area contributed by atoms with Crippen molar-refractivity contribution in [3.05, 3.63) is 42.3 Å². The van der Waals surface area contributed by atoms with Gasteiger partial charge in [0.05, 0.1) is 23.9 Å². The summed E-state index contributed by atoms with van der Waals surface area (Å²) in [5, 5.41) is 3.86. The summed E-state index contributed by atoms with van der Waals surface area (Å²) in [6.07, 6.45) is 1.79. The molecule has 80 valence electrons. The SMILES string of the molecule is Cc1nc(Cn2cnc3ccccc32)no1. The number of imidazole rings is 1. The standard InChI is InChI=1S/C11H10N4O/c1-8-13-11(14-16-8)6-15-7-12-9-4-2-3-5-10(9)15/h2-5,7H,6H2,1H3. The van der Waals surface area contributed by atoms with Gasteiger partial charge in [0.25, 0.3) is 0 Å². The van der Waals surface area contributed by atoms with Crippen molar-refractivity contribution in [1.29, 1.82) is 0 Å². The first-order chi connectivity index (χ1) is 7.83. The third-order valence-electron chi connectivity index (χ3n) is 2.41. The van der Waals surface area contributed by atoms with E-state index in [4.69, 9.17) is 4.52 Å². The maximum atomic E-state index is 4.93. The molecule has 0 saturated heterocycles. The van der Waals surface area contributed by atoms with Crippen LogP contribution in [0.25, 0.3) is 11.0 Å². The number of hydrogen-bond donors (Lipinski definition) is 0. The fraction of sp³-hybridized carbons (Fsp3) is 0.182. The largest absolute Gasteiger partial charge is 0.340 e. The first kappa shape index (κ1) is 9.08. The summed E-state index contributed by atoms with van der Waals surface area (Å²) in [6, 6.07) is 7.96. The second-order valence-corrected chi connectivity index (χ2v) is 3.59. The Morgan fingerprint density at radius 1 is 1.31 bits per heavy atom. The number of benzene rings is 1. The van der Waals surface area contributed by atoms with Crippen LogP contribution < -0.4 is 0 Å². The molecule has 5 heteroatoms. The predicted octanol–water partition coefficient (Wildman–Crippen LogP) is 1.78. The highest BCUT2D eigenvalue weighted by Gasteiger charge is 2.06. The van der Waals surface area contributed by atoms with Crippen molar-refractivity contribution in [2.75, 3.05) is 0 Å². The van der Waals surface area contributed by atoms with Crippen molar-refractivity contribution < 1.29 is 4.52 Å². The first-order valence-corrected chi connectivity index (χ1v) is 5.02. The molecular weight excluding hydrogens is 204 g/mol. The van der Waals surface area contributed by atoms with Gasteiger partial charge in [-0.05, 0) is 12.1 Å². The van der Waals surface area contributed by atoms with E-state index in [-0.39, 0.29) is 0 Å². The van der Waals surface area contributed by atoms with Gasteiger partial charge in [0.15, 0.2) is 5.82 Å². The first-order valence-electron chi connectivity index (χ1n) is 5.02. The van der Waals surface area contributed by atoms with E-state index in [9.17, 15) is 0 Å². The van der Waals surface area contributed by atoms with E-state index in [0.717, 1.165) is 11.0 Å². The zero-order valence-corrected chi connectivity index (χ0v) is 8.79. The quantitative estimate of drug-likeness (QED) is 0.652. The second-order valence-electron chi connectivity index (χ2n) is 3.59. The molecule has 16 heavy (non-hydrogen) atoms. The molecule has 2 heterocycles. The van der Waals surface area contributed by atoms with Crippen molar-refractivity contribution in [2.45, 2.75) is 13.5 Å². The lowest BCUT2D eigenvalue weighted by atomic mass is 10.3. The molecule has 0 atom stereocenters. The van der Waals surface area contributed by atoms with E-state index in [1.807, 2.05) is 28.8 Å². The smallest absolute Gasteiger partial charge is 0.223 e. The van der Waals surface area contributed by atoms with Gasteiger partial charge >= 0.3 is 0 Å². The Kier molecular flexibility index (Phi) is 1.96. The van der Waals surface area contributed by atoms with Crippen LogP contribution in [0, 0.1) is 6.92 Å². The number of rotatable bonds is 2. The van der Waals surface area contributed by atoms with Gasteiger partial charge in [-0.15, -0.1) is 0 Å². The molecule has 0 amide bonds. The molecule has 0 radical (unpaired) electrons. The lowest BCUT2D eigenvalue weighted by Crippen LogP contribution is -1.99. The van der Waals surface area contributed by atoms with Crippen LogP contribution in [0.1, 0.15) is 11.7 Å². The van der Waals surface area contributed by atoms with Crippen molar-refractivity contribution in [1.82, 2.24) is 19.7 Å². The minimum Gasteiger partial charge on any atom is -0.340 e. The summed E-state index contributed by atoms with van der Waals surface area (Å²) in [5.74, 6) is 1.25. The molecule has 0 aliphatic rings. The summed E-state index contributed by atoms with van der Waals surface area (Å²) in [6.45, 7) is 2.36. The molecule has 0 aliphatic heterocycles. The molecular formula is C11H10N4O. The number of hydrogen-bond acceptors (Lipinski definition) is 4. The number of para-hydroxylation sites is 2. The topological polar surface area (TPSA) is 56.7 Å². The molecule has 1 aromatic carbocycles. The molecule has 3 rings (SSSR count). The molecule has 0 saturated carbocycles. The number of nitrogens with zero attached hydrogens (tertiary/aromatic N) is 4. The van der Waals surface area contributed by atoms with Crippen molar-refractivity contribution in [2.24, 2.45) is 0 Å². The van der Waals surface area contributed by atoms with Crippen LogP contribution in [0.4, 0.5) is 0 Å². The van der Waals surface area contributed by atoms with E-state index in [1.165, 1.54) is 0 Å². The molecule has 2 aromatic heterocycles. The third-order valence-corrected chi connectivity index (χ3v) is 2.41. The summed E-state index contributed by atoms with van der Waals surface area (Å²) in [5.41, 5.74) is 2.05. The minimum atomic E-state index is 0.581. The average molecular weight is 214 g/mol. The second kappa shape index (κ2) is 3.44. The van der Waals surface area contributed by atoms with Gasteiger partial charge in [0.1, 0.15) is 0 Å². The van der Waals surface area contributed by atoms with Crippen LogP contribution in [0.2, 0.25) is 0 Å². The normalized spacial score (nSPS) is 11.1. The Balaban J connectivity index is 2.00. The number of aryl methyl sites for hydroxylation is 1. The molecule has 0 N–H and O–H groups in total. The number of aromatic nitrogens is 4. The van der Waals surface area contributed by atoms with Crippen molar-refractivity contribution in [3.63, 3.8) is 0 Å². The Morgan fingerprint density at radius 2 is 2.19 bits per heavy atom. The highest BCUT2D eigenvalue weighted by Crippen LogP contribution is 2.12. The molecule has 0 bridgehead atoms. The van der Waals surface area contributed by atoms with Gasteiger partial charge in [-0.2, -0.15) is 4.98 Å². The van der Waals surface area contributed by atoms with Crippen molar-refractivity contribution in [3.8, 4) is 0 Å². The fourth-order valence-corrected chi connectivity index (χ4v) is 1.69. The van der Waals surface area contributed by atoms with Crippen LogP contribution >= 0.6 is 0 Å². The van der Waals surface area contributed by atoms with Gasteiger partial charge in [-0.3, -0.25) is 0 Å². The molecule has 3 aromatic rings. The molecule has 0 aliphatic carbocycles. The molecule has 5 nitrogen and oxygen atoms in total. The zero-order valence-electron chi connectivity index (χ0n) is 8.79. The van der Waals surface area contributed by atoms with E-state index in [1.54, 1.807) is 13.3 Å². The Labute approximate surface area is 91.7 Å². The highest BCUT2D eigenvalue weighted by atomic mass is 16.5. The third kappa shape index (κ3) is 1.46. The Morgan fingerprint density at radius 3 is 3.00 bits per heavy atom. The number of fused-ring (bicyclic) bond motifs is 1. The van der Waals surface area contributed by atoms with Gasteiger partial charge in [0, 0.05) is 6.92 Å². The fourth-order valence-electron chi connectivity index (χ4n) is 1.69. The zero-order chi connectivity index (χ0) is 11.0. The monoisotopic (exact) mass is 214 g/mol. The Bertz CT molecular complexity index is 625. The van der Waals surface area contributed by atoms with Crippen LogP contribution in [-0.4, -0.2) is 19.7 Å². The van der Waals surface area contributed by atoms with E-state index in [2.05, 4.69) is 15.1 Å². The van der Waals surface area contributed by atoms with Gasteiger partial charge in [-0.25, -0.2) is 4.98 Å². The maximum Gasteiger partial charge on any atom is 0.223 e. The summed E-state index contributed by atoms with van der Waals surface area (Å²) in [4.78, 5) is 8.46. The molecule has 0 spiro atoms. The van der Waals surface area contributed by atoms with E-state index < -0.39 is 0 Å². The van der Waals surface area contributed by atoms with Crippen LogP contribution in [0.5, 0.6) is 0 Å². The summed E-state index contributed by atoms with van der Waals surface area (Å²) >= 11 is 0. The van der Waals surface area contributed by atoms with E-state index >= 15 is 0 Å². The maximum absolute atomic E-state index is 4.93. The highest BCUT2D eigenvalue weighted by molar-refractivity contribution is 5.74. The van der Waals surface area contributed by atoms with Crippen LogP contribution in [-0.2, 0) is 6.54 Å². The van der Waals surface area contributed by atoms with Crippen LogP contribution in [0.3, 0.4) is 0 Å². The predicted molar refractivity (Wildman–Crippen MR) is 57.9 cm³/mol. The van der Waals surface area contributed by atoms with Crippen LogP contribution in [0.15, 0.2) is 35.1 Å². The minimum absolute atomic E-state index is 0.581. The molecule has 0 fully saturated rings. The molecule has 0 unspecified atom stereocenters. The van der Waals surface area contributed by atoms with Gasteiger partial charge in [-0.1, -0.05) is 17.3 Å².